The highest BCUT2D eigenvalue weighted by Crippen LogP contribution is 2.45. The maximum absolute atomic E-state index is 15.5. The first kappa shape index (κ1) is 66.3. The number of thiazole rings is 2. The van der Waals surface area contributed by atoms with Crippen molar-refractivity contribution in [2.75, 3.05) is 62.5 Å². The van der Waals surface area contributed by atoms with E-state index in [1.165, 1.54) is 46.9 Å². The quantitative estimate of drug-likeness (QED) is 0.00641. The first-order valence-corrected chi connectivity index (χ1v) is 33.2. The van der Waals surface area contributed by atoms with E-state index in [2.05, 4.69) is 58.6 Å². The number of rotatable bonds is 25. The molecule has 0 radical (unpaired) electrons. The van der Waals surface area contributed by atoms with Gasteiger partial charge in [-0.25, -0.2) is 28.7 Å². The Morgan fingerprint density at radius 2 is 1.66 bits per heavy atom. The number of hydrogen-bond acceptors (Lipinski definition) is 17. The van der Waals surface area contributed by atoms with Crippen LogP contribution in [0.1, 0.15) is 94.2 Å². The number of hydrogen-bond donors (Lipinski definition) is 9. The van der Waals surface area contributed by atoms with Gasteiger partial charge in [-0.15, -0.1) is 21.5 Å². The number of primary amides is 1. The molecule has 5 aromatic carbocycles. The van der Waals surface area contributed by atoms with Crippen LogP contribution in [0.2, 0.25) is 0 Å². The van der Waals surface area contributed by atoms with Gasteiger partial charge in [-0.1, -0.05) is 91.8 Å². The highest BCUT2D eigenvalue weighted by atomic mass is 32.2. The Balaban J connectivity index is 0.725. The third-order valence-corrected chi connectivity index (χ3v) is 18.9. The minimum atomic E-state index is -4.87. The summed E-state index contributed by atoms with van der Waals surface area (Å²) in [5, 5.41) is 43.7. The van der Waals surface area contributed by atoms with Crippen LogP contribution in [0.5, 0.6) is 5.75 Å². The van der Waals surface area contributed by atoms with E-state index < -0.39 is 56.9 Å². The lowest BCUT2D eigenvalue weighted by atomic mass is 9.98. The summed E-state index contributed by atoms with van der Waals surface area (Å²) in [6.45, 7) is 6.54. The molecule has 2 atom stereocenters. The number of nitrogens with two attached hydrogens (primary N) is 1. The molecule has 27 heteroatoms. The number of ether oxygens (including phenoxy) is 2. The van der Waals surface area contributed by atoms with Gasteiger partial charge in [-0.2, -0.15) is 8.42 Å². The highest BCUT2D eigenvalue weighted by molar-refractivity contribution is 7.85. The van der Waals surface area contributed by atoms with Gasteiger partial charge in [-0.05, 0) is 128 Å². The van der Waals surface area contributed by atoms with Crippen LogP contribution in [0.3, 0.4) is 0 Å². The van der Waals surface area contributed by atoms with E-state index in [0.717, 1.165) is 62.5 Å². The van der Waals surface area contributed by atoms with Crippen molar-refractivity contribution in [2.45, 2.75) is 88.7 Å². The van der Waals surface area contributed by atoms with Gasteiger partial charge < -0.3 is 56.3 Å². The summed E-state index contributed by atoms with van der Waals surface area (Å²) in [6, 6.07) is 29.2. The Bertz CT molecular complexity index is 4260. The number of carboxylic acid groups (broad SMARTS) is 1. The highest BCUT2D eigenvalue weighted by Gasteiger charge is 2.33. The molecule has 484 valence electrons. The molecule has 0 saturated carbocycles. The van der Waals surface area contributed by atoms with Crippen LogP contribution < -0.4 is 42.0 Å². The lowest BCUT2D eigenvalue weighted by Crippen LogP contribution is -2.54. The van der Waals surface area contributed by atoms with Crippen LogP contribution in [0.25, 0.3) is 21.3 Å². The average molecular weight is 1320 g/mol. The number of nitrogens with one attached hydrogen (secondary N) is 6. The number of benzene rings is 5. The smallest absolute Gasteiger partial charge is 0.407 e. The Hall–Kier alpha value is -9.59. The normalized spacial score (nSPS) is 13.4. The molecular weight excluding hydrogens is 1250 g/mol. The number of urea groups is 1. The van der Waals surface area contributed by atoms with Crippen molar-refractivity contribution in [3.8, 4) is 28.7 Å². The van der Waals surface area contributed by atoms with Crippen LogP contribution in [-0.2, 0) is 39.0 Å². The Labute approximate surface area is 545 Å². The minimum Gasteiger partial charge on any atom is -0.491 e. The number of halogens is 1. The molecule has 4 amide bonds. The number of amides is 4. The predicted octanol–water partition coefficient (Wildman–Crippen LogP) is 10.3. The van der Waals surface area contributed by atoms with Crippen molar-refractivity contribution in [1.82, 2.24) is 36.1 Å². The number of carbonyl (C=O) groups is 4. The lowest BCUT2D eigenvalue weighted by molar-refractivity contribution is -0.896. The number of alkyl carbamates (subject to hydrolysis) is 1. The standard InChI is InChI=1S/C66H70FN13O10S3/c1-38(2)56(75-66(85)90-37-48-46-19-8-6-17-44(46)45-18-7-9-20-47(45)48)58(68)72-51(23-12-30-70-63(69)84)61(81)71-42-28-27-41(55(35-42)93(86,87)88)36-80(4,5)32-14-16-40-26-29-52(49(67)34-40)89-33-15-25-54-57(62(82)83)74-65(92-54)79-31-13-21-43-39(3)59(77-78-60(43)79)76-64-73-50-22-10-11-24-53(50)91-64/h6-11,17-20,22,24,26-29,34-35,38,48,51,56H,12-13,15,21,23,25,30-33,36-37H2,1-5H3,(H9-,68,69,70,71,72,73,75,76,77,81,82,83,84,85,86,87,88)/p+1/t51-,56-/m0/s1. The number of aromatic nitrogens is 4. The molecule has 0 unspecified atom stereocenters. The molecule has 0 fully saturated rings. The van der Waals surface area contributed by atoms with Gasteiger partial charge in [0.1, 0.15) is 36.5 Å². The van der Waals surface area contributed by atoms with Gasteiger partial charge in [0.25, 0.3) is 10.1 Å². The van der Waals surface area contributed by atoms with E-state index in [1.807, 2.05) is 84.6 Å². The second kappa shape index (κ2) is 28.9. The summed E-state index contributed by atoms with van der Waals surface area (Å²) in [5.41, 5.74) is 12.8. The van der Waals surface area contributed by atoms with Gasteiger partial charge in [0.05, 0.1) is 37.0 Å². The van der Waals surface area contributed by atoms with Crippen LogP contribution in [-0.4, -0.2) is 132 Å². The molecule has 8 aromatic rings. The fourth-order valence-electron chi connectivity index (χ4n) is 11.3. The largest absolute Gasteiger partial charge is 0.491 e. The molecule has 1 aliphatic heterocycles. The maximum atomic E-state index is 15.5. The fourth-order valence-corrected chi connectivity index (χ4v) is 14.0. The van der Waals surface area contributed by atoms with E-state index >= 15 is 4.39 Å². The summed E-state index contributed by atoms with van der Waals surface area (Å²) in [6.07, 6.45) is 1.74. The average Bonchev–Trinajstić information content (AvgIpc) is 1.70. The molecule has 10 N–H and O–H groups in total. The first-order chi connectivity index (χ1) is 44.5. The zero-order chi connectivity index (χ0) is 66.1. The summed E-state index contributed by atoms with van der Waals surface area (Å²) in [5.74, 6) is 3.92. The predicted molar refractivity (Wildman–Crippen MR) is 355 cm³/mol. The van der Waals surface area contributed by atoms with Crippen LogP contribution in [0.4, 0.5) is 41.6 Å². The number of aryl methyl sites for hydroxylation is 1. The topological polar surface area (TPSA) is 326 Å². The fraction of sp³-hybridized carbons (Fsp3) is 0.318. The van der Waals surface area contributed by atoms with E-state index in [4.69, 9.17) is 20.6 Å². The van der Waals surface area contributed by atoms with Crippen LogP contribution in [0.15, 0.2) is 114 Å². The third-order valence-electron chi connectivity index (χ3n) is 15.9. The summed E-state index contributed by atoms with van der Waals surface area (Å²) >= 11 is 2.78. The van der Waals surface area contributed by atoms with Gasteiger partial charge >= 0.3 is 18.1 Å². The van der Waals surface area contributed by atoms with Gasteiger partial charge in [0, 0.05) is 51.8 Å². The molecule has 1 aliphatic carbocycles. The third kappa shape index (κ3) is 16.2. The maximum Gasteiger partial charge on any atom is 0.407 e. The number of nitrogens with zero attached hydrogens (tertiary/aromatic N) is 6. The molecule has 10 rings (SSSR count). The zero-order valence-corrected chi connectivity index (χ0v) is 54.2. The van der Waals surface area contributed by atoms with Crippen LogP contribution in [0, 0.1) is 35.9 Å². The summed E-state index contributed by atoms with van der Waals surface area (Å²) in [7, 11) is -1.29. The van der Waals surface area contributed by atoms with Gasteiger partial charge in [0.15, 0.2) is 39.2 Å². The van der Waals surface area contributed by atoms with E-state index in [1.54, 1.807) is 34.0 Å². The zero-order valence-electron chi connectivity index (χ0n) is 51.7. The summed E-state index contributed by atoms with van der Waals surface area (Å²) < 4.78 is 64.6. The number of quaternary nitrogens is 1. The van der Waals surface area contributed by atoms with Crippen molar-refractivity contribution in [3.63, 3.8) is 0 Å². The van der Waals surface area contributed by atoms with Crippen molar-refractivity contribution < 1.29 is 55.6 Å². The number of fused-ring (bicyclic) bond motifs is 5. The molecule has 0 bridgehead atoms. The Morgan fingerprint density at radius 3 is 2.35 bits per heavy atom. The number of para-hydroxylation sites is 1. The molecule has 4 heterocycles. The van der Waals surface area contributed by atoms with E-state index in [-0.39, 0.29) is 90.5 Å². The van der Waals surface area contributed by atoms with E-state index in [9.17, 15) is 37.3 Å². The number of aromatic carboxylic acids is 1. The van der Waals surface area contributed by atoms with Gasteiger partial charge in [0.2, 0.25) is 5.91 Å². The first-order valence-electron chi connectivity index (χ1n) is 30.1. The molecule has 93 heavy (non-hydrogen) atoms. The van der Waals surface area contributed by atoms with Crippen molar-refractivity contribution >= 4 is 100 Å². The monoisotopic (exact) mass is 1320 g/mol. The minimum absolute atomic E-state index is 0.0131. The Morgan fingerprint density at radius 1 is 0.925 bits per heavy atom. The van der Waals surface area contributed by atoms with Crippen molar-refractivity contribution in [1.29, 1.82) is 5.41 Å². The molecule has 0 saturated heterocycles. The number of carbonyl (C=O) groups excluding carboxylic acids is 3. The molecule has 3 aromatic heterocycles. The van der Waals surface area contributed by atoms with E-state index in [0.29, 0.717) is 51.7 Å². The Kier molecular flexibility index (Phi) is 20.6. The van der Waals surface area contributed by atoms with Crippen molar-refractivity contribution in [3.05, 3.63) is 159 Å². The second-order valence-corrected chi connectivity index (χ2v) is 27.1. The van der Waals surface area contributed by atoms with Crippen molar-refractivity contribution in [2.24, 2.45) is 11.7 Å². The van der Waals surface area contributed by atoms with Crippen LogP contribution >= 0.6 is 22.7 Å². The lowest BCUT2D eigenvalue weighted by Gasteiger charge is -2.28. The second-order valence-electron chi connectivity index (χ2n) is 23.6. The SMILES string of the molecule is Cc1c(Nc2nc3ccccc3s2)nnc2c1CCCN2c1nc(C(=O)O)c(CCCOc2ccc(C#CC[N+](C)(C)Cc3ccc(NC(=O)[C@H](CCCNC(N)=O)NC(=N)[C@@H](NC(=O)OCC4c5ccccc5-c5ccccc54)C(C)C)cc3S(=O)(=O)O)cc2F)s1. The summed E-state index contributed by atoms with van der Waals surface area (Å²) in [4.78, 5) is 62.6. The number of amidine groups is 1. The van der Waals surface area contributed by atoms with Gasteiger partial charge in [-0.3, -0.25) is 14.8 Å². The molecule has 2 aliphatic rings. The molecular formula is C66H71FN13O10S3+. The number of anilines is 5. The molecule has 0 spiro atoms. The molecule has 23 nitrogen and oxygen atoms in total. The number of carboxylic acids is 1.